The third-order valence-corrected chi connectivity index (χ3v) is 8.03. The van der Waals surface area contributed by atoms with Crippen molar-refractivity contribution in [1.82, 2.24) is 20.4 Å². The third-order valence-electron chi connectivity index (χ3n) is 8.03. The molecule has 1 saturated heterocycles. The summed E-state index contributed by atoms with van der Waals surface area (Å²) < 4.78 is 33.1. The van der Waals surface area contributed by atoms with E-state index in [1.54, 1.807) is 52.0 Å². The van der Waals surface area contributed by atoms with E-state index < -0.39 is 46.9 Å². The molecule has 1 aromatic heterocycles. The van der Waals surface area contributed by atoms with Gasteiger partial charge in [0.15, 0.2) is 11.6 Å². The number of H-pyrrole nitrogens is 1. The fourth-order valence-electron chi connectivity index (χ4n) is 5.65. The summed E-state index contributed by atoms with van der Waals surface area (Å²) in [7, 11) is 0. The number of hydrogen-bond acceptors (Lipinski definition) is 6. The Morgan fingerprint density at radius 1 is 1.05 bits per heavy atom. The lowest BCUT2D eigenvalue weighted by Gasteiger charge is -2.38. The molecule has 2 aromatic carbocycles. The van der Waals surface area contributed by atoms with Crippen molar-refractivity contribution in [3.63, 3.8) is 0 Å². The van der Waals surface area contributed by atoms with Gasteiger partial charge in [-0.25, -0.2) is 13.9 Å². The van der Waals surface area contributed by atoms with Gasteiger partial charge in [0.1, 0.15) is 0 Å². The Labute approximate surface area is 248 Å². The van der Waals surface area contributed by atoms with Gasteiger partial charge in [-0.15, -0.1) is 0 Å². The van der Waals surface area contributed by atoms with E-state index in [4.69, 9.17) is 4.74 Å². The summed E-state index contributed by atoms with van der Waals surface area (Å²) in [4.78, 5) is 53.3. The van der Waals surface area contributed by atoms with Crippen molar-refractivity contribution in [3.05, 3.63) is 98.0 Å². The number of rotatable bonds is 9. The molecule has 0 bridgehead atoms. The number of ether oxygens (including phenoxy) is 1. The molecule has 0 spiro atoms. The van der Waals surface area contributed by atoms with Crippen LogP contribution in [0.5, 0.6) is 0 Å². The van der Waals surface area contributed by atoms with Crippen LogP contribution in [-0.2, 0) is 20.7 Å². The van der Waals surface area contributed by atoms with Gasteiger partial charge in [-0.2, -0.15) is 5.10 Å². The summed E-state index contributed by atoms with van der Waals surface area (Å²) in [6, 6.07) is 9.05. The number of aromatic amines is 1. The van der Waals surface area contributed by atoms with Gasteiger partial charge in [-0.3, -0.25) is 19.2 Å². The first-order valence-corrected chi connectivity index (χ1v) is 14.2. The van der Waals surface area contributed by atoms with Gasteiger partial charge in [-0.1, -0.05) is 12.1 Å². The quantitative estimate of drug-likeness (QED) is 0.356. The van der Waals surface area contributed by atoms with Crippen molar-refractivity contribution in [2.24, 2.45) is 5.41 Å². The van der Waals surface area contributed by atoms with Crippen LogP contribution < -0.4 is 10.9 Å². The molecule has 2 heterocycles. The second-order valence-corrected chi connectivity index (χ2v) is 11.4. The van der Waals surface area contributed by atoms with Gasteiger partial charge in [0.05, 0.1) is 30.3 Å². The average molecular weight is 595 g/mol. The number of halogens is 2. The lowest BCUT2D eigenvalue weighted by Crippen LogP contribution is -2.51. The zero-order valence-electron chi connectivity index (χ0n) is 24.9. The first-order chi connectivity index (χ1) is 20.3. The number of amides is 2. The molecule has 1 fully saturated rings. The van der Waals surface area contributed by atoms with Gasteiger partial charge < -0.3 is 15.0 Å². The molecule has 228 valence electrons. The van der Waals surface area contributed by atoms with E-state index >= 15 is 0 Å². The third kappa shape index (κ3) is 6.81. The molecule has 0 saturated carbocycles. The van der Waals surface area contributed by atoms with Crippen LogP contribution in [0.3, 0.4) is 0 Å². The van der Waals surface area contributed by atoms with Crippen LogP contribution in [0, 0.1) is 30.9 Å². The maximum Gasteiger partial charge on any atom is 0.313 e. The minimum absolute atomic E-state index is 0.169. The van der Waals surface area contributed by atoms with E-state index in [1.807, 2.05) is 6.92 Å². The number of aromatic nitrogens is 2. The number of esters is 1. The maximum absolute atomic E-state index is 14.2. The Kier molecular flexibility index (Phi) is 9.42. The molecule has 2 N–H and O–H groups in total. The molecule has 4 rings (SSSR count). The summed E-state index contributed by atoms with van der Waals surface area (Å²) in [6.45, 7) is 8.48. The van der Waals surface area contributed by atoms with Gasteiger partial charge in [0, 0.05) is 23.6 Å². The van der Waals surface area contributed by atoms with Crippen molar-refractivity contribution in [1.29, 1.82) is 0 Å². The zero-order chi connectivity index (χ0) is 31.5. The second-order valence-electron chi connectivity index (χ2n) is 11.4. The highest BCUT2D eigenvalue weighted by Crippen LogP contribution is 2.44. The number of hydrogen-bond donors (Lipinski definition) is 2. The minimum atomic E-state index is -1.09. The van der Waals surface area contributed by atoms with E-state index in [0.29, 0.717) is 41.6 Å². The lowest BCUT2D eigenvalue weighted by atomic mass is 9.83. The molecular formula is C32H36F2N4O5. The van der Waals surface area contributed by atoms with Crippen LogP contribution in [-0.4, -0.2) is 52.1 Å². The number of nitrogens with zero attached hydrogens (tertiary/aromatic N) is 2. The molecule has 2 amide bonds. The summed E-state index contributed by atoms with van der Waals surface area (Å²) in [5.74, 6) is -3.46. The molecule has 3 aromatic rings. The minimum Gasteiger partial charge on any atom is -0.466 e. The SMILES string of the molecule is CCOC(=O)C(C)(C)[C@H]1CC[C@@H](c2ccc(F)c(F)c2)N1C(=O)CNC(=O)c1ccc(Cc2cc(C)n[nH]c2=O)c(C)c1. The first kappa shape index (κ1) is 31.5. The highest BCUT2D eigenvalue weighted by Gasteiger charge is 2.49. The standard InChI is InChI=1S/C32H36F2N4O5/c1-6-43-31(42)32(4,5)27-12-11-26(21-9-10-24(33)25(34)16-21)38(27)28(39)17-35-29(40)22-8-7-20(18(2)13-22)15-23-14-19(3)36-37-30(23)41/h7-10,13-14,16,26-27H,6,11-12,15,17H2,1-5H3,(H,35,40)(H,37,41)/t26-,27+/m0/s1. The van der Waals surface area contributed by atoms with Crippen LogP contribution >= 0.6 is 0 Å². The van der Waals surface area contributed by atoms with E-state index in [0.717, 1.165) is 23.3 Å². The van der Waals surface area contributed by atoms with Gasteiger partial charge >= 0.3 is 5.97 Å². The van der Waals surface area contributed by atoms with Crippen LogP contribution in [0.1, 0.15) is 78.0 Å². The molecule has 43 heavy (non-hydrogen) atoms. The number of aryl methyl sites for hydroxylation is 2. The monoisotopic (exact) mass is 594 g/mol. The molecular weight excluding hydrogens is 558 g/mol. The van der Waals surface area contributed by atoms with Crippen molar-refractivity contribution in [2.45, 2.75) is 66.0 Å². The van der Waals surface area contributed by atoms with Crippen LogP contribution in [0.15, 0.2) is 47.3 Å². The van der Waals surface area contributed by atoms with E-state index in [9.17, 15) is 28.0 Å². The predicted octanol–water partition coefficient (Wildman–Crippen LogP) is 4.31. The second kappa shape index (κ2) is 12.8. The van der Waals surface area contributed by atoms with Gasteiger partial charge in [-0.05, 0) is 94.5 Å². The number of carbonyl (C=O) groups excluding carboxylic acids is 3. The Morgan fingerprint density at radius 2 is 1.79 bits per heavy atom. The van der Waals surface area contributed by atoms with Crippen molar-refractivity contribution in [3.8, 4) is 0 Å². The average Bonchev–Trinajstić information content (AvgIpc) is 3.42. The van der Waals surface area contributed by atoms with Crippen LogP contribution in [0.25, 0.3) is 0 Å². The van der Waals surface area contributed by atoms with Crippen molar-refractivity contribution in [2.75, 3.05) is 13.2 Å². The molecule has 0 aliphatic carbocycles. The Bertz CT molecular complexity index is 1600. The van der Waals surface area contributed by atoms with E-state index in [2.05, 4.69) is 15.5 Å². The zero-order valence-corrected chi connectivity index (χ0v) is 24.9. The number of nitrogens with one attached hydrogen (secondary N) is 2. The Balaban J connectivity index is 1.53. The van der Waals surface area contributed by atoms with Crippen molar-refractivity contribution < 1.29 is 27.9 Å². The molecule has 11 heteroatoms. The smallest absolute Gasteiger partial charge is 0.313 e. The summed E-state index contributed by atoms with van der Waals surface area (Å²) >= 11 is 0. The number of carbonyl (C=O) groups is 3. The van der Waals surface area contributed by atoms with Crippen molar-refractivity contribution >= 4 is 17.8 Å². The lowest BCUT2D eigenvalue weighted by molar-refractivity contribution is -0.159. The fraction of sp³-hybridized carbons (Fsp3) is 0.406. The molecule has 2 atom stereocenters. The molecule has 1 aliphatic heterocycles. The van der Waals surface area contributed by atoms with Gasteiger partial charge in [0.25, 0.3) is 11.5 Å². The van der Waals surface area contributed by atoms with Crippen LogP contribution in [0.2, 0.25) is 0 Å². The normalized spacial score (nSPS) is 16.7. The predicted molar refractivity (Wildman–Crippen MR) is 155 cm³/mol. The van der Waals surface area contributed by atoms with Crippen LogP contribution in [0.4, 0.5) is 8.78 Å². The topological polar surface area (TPSA) is 121 Å². The first-order valence-electron chi connectivity index (χ1n) is 14.2. The molecule has 1 aliphatic rings. The van der Waals surface area contributed by atoms with Gasteiger partial charge in [0.2, 0.25) is 5.91 Å². The largest absolute Gasteiger partial charge is 0.466 e. The highest BCUT2D eigenvalue weighted by molar-refractivity contribution is 5.97. The maximum atomic E-state index is 14.2. The Morgan fingerprint density at radius 3 is 2.47 bits per heavy atom. The highest BCUT2D eigenvalue weighted by atomic mass is 19.2. The fourth-order valence-corrected chi connectivity index (χ4v) is 5.65. The summed E-state index contributed by atoms with van der Waals surface area (Å²) in [5, 5.41) is 9.02. The molecule has 0 radical (unpaired) electrons. The summed E-state index contributed by atoms with van der Waals surface area (Å²) in [5.41, 5.74) is 2.25. The summed E-state index contributed by atoms with van der Waals surface area (Å²) in [6.07, 6.45) is 1.21. The van der Waals surface area contributed by atoms with E-state index in [1.165, 1.54) is 11.0 Å². The Hall–Kier alpha value is -4.41. The van der Waals surface area contributed by atoms with E-state index in [-0.39, 0.29) is 18.7 Å². The molecule has 9 nitrogen and oxygen atoms in total. The number of benzene rings is 2. The number of likely N-dealkylation sites (tertiary alicyclic amines) is 1. The molecule has 0 unspecified atom stereocenters.